The molecule has 2 aromatic rings. The summed E-state index contributed by atoms with van der Waals surface area (Å²) in [6.45, 7) is 2.74. The van der Waals surface area contributed by atoms with Crippen molar-refractivity contribution in [3.8, 4) is 11.8 Å². The average molecular weight is 339 g/mol. The number of halogens is 1. The molecule has 0 aliphatic carbocycles. The minimum atomic E-state index is -0.410. The molecule has 0 saturated carbocycles. The van der Waals surface area contributed by atoms with E-state index in [1.54, 1.807) is 19.1 Å². The summed E-state index contributed by atoms with van der Waals surface area (Å²) in [6, 6.07) is 12.5. The van der Waals surface area contributed by atoms with Crippen LogP contribution in [0.5, 0.6) is 0 Å². The second-order valence-electron chi connectivity index (χ2n) is 5.59. The summed E-state index contributed by atoms with van der Waals surface area (Å²) in [7, 11) is 1.99. The molecule has 1 aromatic carbocycles. The minimum absolute atomic E-state index is 0.187. The number of aliphatic hydroxyl groups is 1. The summed E-state index contributed by atoms with van der Waals surface area (Å²) in [4.78, 5) is 9.10. The van der Waals surface area contributed by atoms with Gasteiger partial charge < -0.3 is 15.0 Å². The van der Waals surface area contributed by atoms with Crippen LogP contribution in [0.3, 0.4) is 0 Å². The van der Waals surface area contributed by atoms with E-state index in [4.69, 9.17) is 5.11 Å². The number of rotatable bonds is 4. The maximum Gasteiger partial charge on any atom is 0.141 e. The molecule has 0 amide bonds. The van der Waals surface area contributed by atoms with Gasteiger partial charge in [-0.3, -0.25) is 0 Å². The highest BCUT2D eigenvalue weighted by Crippen LogP contribution is 2.13. The van der Waals surface area contributed by atoms with Crippen LogP contribution >= 0.6 is 0 Å². The molecule has 0 unspecified atom stereocenters. The van der Waals surface area contributed by atoms with Gasteiger partial charge in [0.15, 0.2) is 0 Å². The molecule has 5 heteroatoms. The van der Waals surface area contributed by atoms with Crippen LogP contribution in [0.25, 0.3) is 0 Å². The number of benzene rings is 1. The lowest BCUT2D eigenvalue weighted by molar-refractivity contribution is 0.290. The summed E-state index contributed by atoms with van der Waals surface area (Å²) in [6.07, 6.45) is 1.90. The zero-order valence-corrected chi connectivity index (χ0v) is 14.5. The van der Waals surface area contributed by atoms with Crippen LogP contribution in [0.4, 0.5) is 10.1 Å². The van der Waals surface area contributed by atoms with Gasteiger partial charge in [-0.25, -0.2) is 9.37 Å². The van der Waals surface area contributed by atoms with Crippen LogP contribution in [-0.2, 0) is 0 Å². The highest BCUT2D eigenvalue weighted by atomic mass is 19.1. The lowest BCUT2D eigenvalue weighted by atomic mass is 10.2. The predicted molar refractivity (Wildman–Crippen MR) is 98.3 cm³/mol. The smallest absolute Gasteiger partial charge is 0.141 e. The third-order valence-corrected chi connectivity index (χ3v) is 3.52. The summed E-state index contributed by atoms with van der Waals surface area (Å²) in [5.74, 6) is 6.28. The first-order valence-electron chi connectivity index (χ1n) is 8.08. The Morgan fingerprint density at radius 2 is 1.92 bits per heavy atom. The van der Waals surface area contributed by atoms with Crippen LogP contribution in [0.2, 0.25) is 0 Å². The van der Waals surface area contributed by atoms with Gasteiger partial charge in [-0.2, -0.15) is 0 Å². The number of aliphatic hydroxyl groups excluding tert-OH is 1. The van der Waals surface area contributed by atoms with Crippen molar-refractivity contribution in [2.75, 3.05) is 25.1 Å². The van der Waals surface area contributed by atoms with E-state index >= 15 is 0 Å². The largest absolute Gasteiger partial charge is 0.396 e. The molecule has 0 aliphatic rings. The third-order valence-electron chi connectivity index (χ3n) is 3.52. The first kappa shape index (κ1) is 18.5. The summed E-state index contributed by atoms with van der Waals surface area (Å²) < 4.78 is 13.3. The first-order valence-corrected chi connectivity index (χ1v) is 8.08. The lowest BCUT2D eigenvalue weighted by Crippen LogP contribution is -2.19. The fraction of sp³-hybridized carbons (Fsp3) is 0.250. The van der Waals surface area contributed by atoms with Gasteiger partial charge in [-0.05, 0) is 55.7 Å². The number of aryl methyl sites for hydroxylation is 1. The summed E-state index contributed by atoms with van der Waals surface area (Å²) >= 11 is 0. The van der Waals surface area contributed by atoms with E-state index in [9.17, 15) is 4.39 Å². The van der Waals surface area contributed by atoms with E-state index in [2.05, 4.69) is 26.7 Å². The van der Waals surface area contributed by atoms with Crippen molar-refractivity contribution < 1.29 is 9.50 Å². The van der Waals surface area contributed by atoms with Crippen molar-refractivity contribution in [3.63, 3.8) is 0 Å². The van der Waals surface area contributed by atoms with Crippen molar-refractivity contribution in [3.05, 3.63) is 71.6 Å². The Morgan fingerprint density at radius 1 is 1.16 bits per heavy atom. The summed E-state index contributed by atoms with van der Waals surface area (Å²) in [5, 5.41) is 8.89. The number of nitrogens with zero attached hydrogens (tertiary/aromatic N) is 2. The van der Waals surface area contributed by atoms with Gasteiger partial charge in [0.25, 0.3) is 0 Å². The van der Waals surface area contributed by atoms with E-state index in [-0.39, 0.29) is 6.61 Å². The number of anilines is 1. The molecule has 2 N–H and O–H groups in total. The SMILES string of the molecule is Cc1ncc(F)cccc(C#Cc2ccc(N(C)CCCO)cc2)[nH]1. The first-order chi connectivity index (χ1) is 12.1. The molecule has 2 rings (SSSR count). The predicted octanol–water partition coefficient (Wildman–Crippen LogP) is 3.20. The van der Waals surface area contributed by atoms with E-state index in [0.29, 0.717) is 11.5 Å². The van der Waals surface area contributed by atoms with E-state index in [1.807, 2.05) is 31.3 Å². The molecular weight excluding hydrogens is 317 g/mol. The van der Waals surface area contributed by atoms with Gasteiger partial charge >= 0.3 is 0 Å². The van der Waals surface area contributed by atoms with Crippen molar-refractivity contribution in [2.45, 2.75) is 13.3 Å². The maximum atomic E-state index is 13.3. The number of aromatic nitrogens is 2. The van der Waals surface area contributed by atoms with Crippen molar-refractivity contribution in [2.24, 2.45) is 0 Å². The summed E-state index contributed by atoms with van der Waals surface area (Å²) in [5.41, 5.74) is 2.60. The Balaban J connectivity index is 2.20. The highest BCUT2D eigenvalue weighted by Gasteiger charge is 1.99. The van der Waals surface area contributed by atoms with Crippen LogP contribution in [0, 0.1) is 24.6 Å². The molecule has 0 atom stereocenters. The lowest BCUT2D eigenvalue weighted by Gasteiger charge is -2.18. The van der Waals surface area contributed by atoms with Gasteiger partial charge in [-0.15, -0.1) is 0 Å². The number of hydrogen-bond donors (Lipinski definition) is 2. The van der Waals surface area contributed by atoms with E-state index in [1.165, 1.54) is 6.07 Å². The second-order valence-corrected chi connectivity index (χ2v) is 5.59. The molecule has 0 fully saturated rings. The molecule has 0 saturated heterocycles. The van der Waals surface area contributed by atoms with Gasteiger partial charge in [0.2, 0.25) is 0 Å². The molecule has 4 nitrogen and oxygen atoms in total. The van der Waals surface area contributed by atoms with Crippen molar-refractivity contribution >= 4 is 5.69 Å². The zero-order chi connectivity index (χ0) is 18.1. The number of H-pyrrole nitrogens is 1. The molecular formula is C20H22FN3O. The van der Waals surface area contributed by atoms with Crippen LogP contribution < -0.4 is 4.90 Å². The monoisotopic (exact) mass is 339 g/mol. The fourth-order valence-electron chi connectivity index (χ4n) is 2.16. The molecule has 0 bridgehead atoms. The van der Waals surface area contributed by atoms with Gasteiger partial charge in [-0.1, -0.05) is 12.0 Å². The molecule has 130 valence electrons. The number of hydrogen-bond acceptors (Lipinski definition) is 3. The fourth-order valence-corrected chi connectivity index (χ4v) is 2.16. The normalized spacial score (nSPS) is 9.76. The Morgan fingerprint density at radius 3 is 2.64 bits per heavy atom. The van der Waals surface area contributed by atoms with E-state index in [0.717, 1.165) is 30.4 Å². The van der Waals surface area contributed by atoms with E-state index < -0.39 is 5.82 Å². The van der Waals surface area contributed by atoms with Crippen LogP contribution in [0.15, 0.2) is 48.7 Å². The van der Waals surface area contributed by atoms with Crippen LogP contribution in [-0.4, -0.2) is 35.3 Å². The number of aromatic amines is 1. The quantitative estimate of drug-likeness (QED) is 0.841. The van der Waals surface area contributed by atoms with Crippen LogP contribution in [0.1, 0.15) is 23.5 Å². The number of nitrogens with one attached hydrogen (secondary N) is 1. The molecule has 1 heterocycles. The maximum absolute atomic E-state index is 13.3. The topological polar surface area (TPSA) is 52.1 Å². The minimum Gasteiger partial charge on any atom is -0.396 e. The molecule has 1 aromatic heterocycles. The zero-order valence-electron chi connectivity index (χ0n) is 14.5. The van der Waals surface area contributed by atoms with Gasteiger partial charge in [0, 0.05) is 31.5 Å². The van der Waals surface area contributed by atoms with Crippen molar-refractivity contribution in [1.82, 2.24) is 9.97 Å². The average Bonchev–Trinajstić information content (AvgIpc) is 2.69. The van der Waals surface area contributed by atoms with Gasteiger partial charge in [0.1, 0.15) is 11.6 Å². The van der Waals surface area contributed by atoms with Crippen molar-refractivity contribution in [1.29, 1.82) is 0 Å². The highest BCUT2D eigenvalue weighted by molar-refractivity contribution is 5.50. The van der Waals surface area contributed by atoms with Gasteiger partial charge in [0.05, 0.1) is 11.9 Å². The molecule has 0 spiro atoms. The Hall–Kier alpha value is -2.84. The standard InChI is InChI=1S/C20H22FN3O/c1-16-22-15-18(21)5-3-6-19(23-16)10-7-17-8-11-20(12-9-17)24(2)13-4-14-25/h3,5-6,8-9,11-12,15,25H,4,13-14H2,1-2H3,(H,22,23). The Bertz CT molecular complexity index is 802. The Labute approximate surface area is 147 Å². The Kier molecular flexibility index (Phi) is 7.00. The molecule has 0 aliphatic heterocycles. The molecule has 25 heavy (non-hydrogen) atoms. The third kappa shape index (κ3) is 6.28. The second kappa shape index (κ2) is 9.45. The molecule has 0 radical (unpaired) electrons.